The molecule has 2 aromatic rings. The molecule has 1 N–H and O–H groups in total. The van der Waals surface area contributed by atoms with Crippen molar-refractivity contribution in [3.05, 3.63) is 63.1 Å². The Labute approximate surface area is 221 Å². The Kier molecular flexibility index (Phi) is 6.60. The van der Waals surface area contributed by atoms with Gasteiger partial charge in [-0.1, -0.05) is 11.2 Å². The molecule has 1 saturated heterocycles. The van der Waals surface area contributed by atoms with Gasteiger partial charge >= 0.3 is 6.16 Å². The van der Waals surface area contributed by atoms with Crippen LogP contribution in [0.2, 0.25) is 0 Å². The topological polar surface area (TPSA) is 129 Å². The van der Waals surface area contributed by atoms with Crippen LogP contribution in [-0.4, -0.2) is 58.4 Å². The number of aromatic nitrogens is 1. The monoisotopic (exact) mass is 544 g/mol. The SMILES string of the molecule is COC(=O)Oc1c2n(cc(C(=O)NCc3ccc(F)cc3F)c1=O)[C@@H]1CN(C2=O)[C@@H](C)CC[C@]12CC(C)=NO2. The second kappa shape index (κ2) is 9.79. The van der Waals surface area contributed by atoms with Gasteiger partial charge in [-0.2, -0.15) is 0 Å². The van der Waals surface area contributed by atoms with Crippen molar-refractivity contribution in [3.8, 4) is 5.75 Å². The summed E-state index contributed by atoms with van der Waals surface area (Å²) >= 11 is 0. The third-order valence-electron chi connectivity index (χ3n) is 7.48. The number of fused-ring (bicyclic) bond motifs is 5. The number of carbonyl (C=O) groups is 3. The smallest absolute Gasteiger partial charge is 0.437 e. The first-order valence-electron chi connectivity index (χ1n) is 12.3. The zero-order chi connectivity index (χ0) is 28.1. The molecular weight excluding hydrogens is 518 g/mol. The van der Waals surface area contributed by atoms with Gasteiger partial charge in [0.1, 0.15) is 17.2 Å². The van der Waals surface area contributed by atoms with Crippen molar-refractivity contribution in [1.82, 2.24) is 14.8 Å². The number of halogens is 2. The molecule has 206 valence electrons. The van der Waals surface area contributed by atoms with Gasteiger partial charge in [0, 0.05) is 43.4 Å². The van der Waals surface area contributed by atoms with Gasteiger partial charge in [-0.25, -0.2) is 13.6 Å². The minimum absolute atomic E-state index is 0.0108. The molecule has 1 fully saturated rings. The zero-order valence-corrected chi connectivity index (χ0v) is 21.5. The van der Waals surface area contributed by atoms with Crippen LogP contribution in [0.5, 0.6) is 5.75 Å². The molecule has 0 radical (unpaired) electrons. The van der Waals surface area contributed by atoms with E-state index >= 15 is 0 Å². The molecule has 0 unspecified atom stereocenters. The fraction of sp³-hybridized carbons (Fsp3) is 0.423. The lowest BCUT2D eigenvalue weighted by Gasteiger charge is -2.42. The molecule has 5 rings (SSSR count). The van der Waals surface area contributed by atoms with Crippen LogP contribution in [0.15, 0.2) is 34.3 Å². The van der Waals surface area contributed by atoms with Crippen molar-refractivity contribution in [2.45, 2.75) is 57.3 Å². The summed E-state index contributed by atoms with van der Waals surface area (Å²) in [5, 5.41) is 6.58. The molecule has 13 heteroatoms. The summed E-state index contributed by atoms with van der Waals surface area (Å²) in [6.07, 6.45) is 1.56. The molecule has 4 heterocycles. The predicted molar refractivity (Wildman–Crippen MR) is 132 cm³/mol. The highest BCUT2D eigenvalue weighted by molar-refractivity contribution is 6.00. The molecule has 3 aliphatic heterocycles. The fourth-order valence-electron chi connectivity index (χ4n) is 5.43. The average Bonchev–Trinajstić information content (AvgIpc) is 3.23. The van der Waals surface area contributed by atoms with Crippen molar-refractivity contribution >= 4 is 23.7 Å². The van der Waals surface area contributed by atoms with Crippen LogP contribution in [0, 0.1) is 11.6 Å². The third-order valence-corrected chi connectivity index (χ3v) is 7.48. The van der Waals surface area contributed by atoms with Crippen molar-refractivity contribution in [2.75, 3.05) is 13.7 Å². The maximum Gasteiger partial charge on any atom is 0.513 e. The number of amides is 2. The molecule has 39 heavy (non-hydrogen) atoms. The number of ether oxygens (including phenoxy) is 2. The lowest BCUT2D eigenvalue weighted by molar-refractivity contribution is -0.0655. The van der Waals surface area contributed by atoms with Gasteiger partial charge < -0.3 is 29.1 Å². The van der Waals surface area contributed by atoms with Gasteiger partial charge in [0.2, 0.25) is 11.2 Å². The summed E-state index contributed by atoms with van der Waals surface area (Å²) in [4.78, 5) is 60.0. The molecule has 2 bridgehead atoms. The predicted octanol–water partition coefficient (Wildman–Crippen LogP) is 2.92. The Morgan fingerprint density at radius 3 is 2.72 bits per heavy atom. The van der Waals surface area contributed by atoms with Gasteiger partial charge in [0.05, 0.1) is 18.9 Å². The first kappa shape index (κ1) is 26.3. The van der Waals surface area contributed by atoms with E-state index in [1.807, 2.05) is 13.8 Å². The van der Waals surface area contributed by atoms with E-state index in [4.69, 9.17) is 9.57 Å². The zero-order valence-electron chi connectivity index (χ0n) is 21.5. The van der Waals surface area contributed by atoms with Crippen molar-refractivity contribution in [1.29, 1.82) is 0 Å². The molecule has 0 saturated carbocycles. The third kappa shape index (κ3) is 4.51. The molecule has 0 aliphatic carbocycles. The maximum absolute atomic E-state index is 14.1. The van der Waals surface area contributed by atoms with Crippen molar-refractivity contribution in [3.63, 3.8) is 0 Å². The van der Waals surface area contributed by atoms with E-state index < -0.39 is 58.0 Å². The summed E-state index contributed by atoms with van der Waals surface area (Å²) in [5.74, 6) is -3.79. The van der Waals surface area contributed by atoms with Gasteiger partial charge in [-0.05, 0) is 32.8 Å². The molecular formula is C26H26F2N4O7. The Bertz CT molecular complexity index is 1470. The number of pyridine rings is 1. The highest BCUT2D eigenvalue weighted by Crippen LogP contribution is 2.46. The van der Waals surface area contributed by atoms with E-state index in [1.54, 1.807) is 4.90 Å². The average molecular weight is 545 g/mol. The molecule has 1 aromatic carbocycles. The lowest BCUT2D eigenvalue weighted by Crippen LogP contribution is -2.52. The molecule has 3 atom stereocenters. The van der Waals surface area contributed by atoms with Crippen LogP contribution in [0.25, 0.3) is 0 Å². The standard InChI is InChI=1S/C26H26F2N4O7/c1-13-9-26(39-30-13)7-6-14(2)31-12-19(26)32-11-17(21(33)22(20(32)24(31)35)38-25(36)37-3)23(34)29-10-15-4-5-16(27)8-18(15)28/h4-5,8,11,14,19H,6-7,9-10,12H2,1-3H3,(H,29,34)/t14-,19+,26-/m0/s1. The van der Waals surface area contributed by atoms with Crippen LogP contribution < -0.4 is 15.5 Å². The number of hydrogen-bond donors (Lipinski definition) is 1. The summed E-state index contributed by atoms with van der Waals surface area (Å²) < 4.78 is 38.6. The van der Waals surface area contributed by atoms with Crippen LogP contribution in [0.1, 0.15) is 65.6 Å². The molecule has 2 amide bonds. The Morgan fingerprint density at radius 2 is 2.05 bits per heavy atom. The Hall–Kier alpha value is -4.29. The first-order valence-corrected chi connectivity index (χ1v) is 12.3. The van der Waals surface area contributed by atoms with Crippen LogP contribution in [-0.2, 0) is 16.1 Å². The number of nitrogens with zero attached hydrogens (tertiary/aromatic N) is 3. The van der Waals surface area contributed by atoms with Gasteiger partial charge in [-0.15, -0.1) is 0 Å². The van der Waals surface area contributed by atoms with E-state index in [0.29, 0.717) is 25.3 Å². The summed E-state index contributed by atoms with van der Waals surface area (Å²) in [6, 6.07) is 2.08. The van der Waals surface area contributed by atoms with E-state index in [-0.39, 0.29) is 30.4 Å². The van der Waals surface area contributed by atoms with Crippen molar-refractivity contribution in [2.24, 2.45) is 5.16 Å². The number of carbonyl (C=O) groups excluding carboxylic acids is 3. The maximum atomic E-state index is 14.1. The summed E-state index contributed by atoms with van der Waals surface area (Å²) in [6.45, 7) is 3.55. The van der Waals surface area contributed by atoms with E-state index in [0.717, 1.165) is 18.9 Å². The number of oxime groups is 1. The quantitative estimate of drug-likeness (QED) is 0.586. The second-order valence-corrected chi connectivity index (χ2v) is 9.95. The second-order valence-electron chi connectivity index (χ2n) is 9.95. The lowest BCUT2D eigenvalue weighted by atomic mass is 9.84. The molecule has 3 aliphatic rings. The molecule has 11 nitrogen and oxygen atoms in total. The number of hydrogen-bond acceptors (Lipinski definition) is 8. The van der Waals surface area contributed by atoms with Gasteiger partial charge in [-0.3, -0.25) is 14.4 Å². The fourth-order valence-corrected chi connectivity index (χ4v) is 5.43. The van der Waals surface area contributed by atoms with Crippen LogP contribution >= 0.6 is 0 Å². The number of benzene rings is 1. The summed E-state index contributed by atoms with van der Waals surface area (Å²) in [7, 11) is 1.04. The largest absolute Gasteiger partial charge is 0.513 e. The summed E-state index contributed by atoms with van der Waals surface area (Å²) in [5.41, 5.74) is -1.83. The van der Waals surface area contributed by atoms with Crippen LogP contribution in [0.4, 0.5) is 13.6 Å². The van der Waals surface area contributed by atoms with Crippen LogP contribution in [0.3, 0.4) is 0 Å². The van der Waals surface area contributed by atoms with E-state index in [1.165, 1.54) is 16.8 Å². The Balaban J connectivity index is 1.62. The first-order chi connectivity index (χ1) is 18.5. The van der Waals surface area contributed by atoms with Gasteiger partial charge in [0.15, 0.2) is 11.3 Å². The minimum atomic E-state index is -1.25. The number of nitrogens with one attached hydrogen (secondary N) is 1. The highest BCUT2D eigenvalue weighted by Gasteiger charge is 2.54. The Morgan fingerprint density at radius 1 is 1.28 bits per heavy atom. The van der Waals surface area contributed by atoms with E-state index in [2.05, 4.69) is 15.2 Å². The van der Waals surface area contributed by atoms with Crippen molar-refractivity contribution < 1.29 is 37.5 Å². The van der Waals surface area contributed by atoms with Gasteiger partial charge in [0.25, 0.3) is 11.8 Å². The number of rotatable bonds is 4. The number of methoxy groups -OCH3 is 1. The molecule has 1 spiro atoms. The highest BCUT2D eigenvalue weighted by atomic mass is 19.1. The minimum Gasteiger partial charge on any atom is -0.437 e. The molecule has 1 aromatic heterocycles. The van der Waals surface area contributed by atoms with E-state index in [9.17, 15) is 28.0 Å². The normalized spacial score (nSPS) is 23.5.